The molecular weight excluding hydrogens is 458 g/mol. The van der Waals surface area contributed by atoms with Crippen molar-refractivity contribution in [3.63, 3.8) is 0 Å². The van der Waals surface area contributed by atoms with Crippen LogP contribution in [-0.2, 0) is 33.4 Å². The molecule has 5 N–H and O–H groups in total. The number of hydrogen-bond acceptors (Lipinski definition) is 7. The van der Waals surface area contributed by atoms with Crippen LogP contribution in [0.5, 0.6) is 0 Å². The molecule has 4 atom stereocenters. The maximum atomic E-state index is 12.5. The molecule has 0 spiro atoms. The number of amides is 5. The van der Waals surface area contributed by atoms with Gasteiger partial charge in [0.2, 0.25) is 29.5 Å². The average molecular weight is 498 g/mol. The lowest BCUT2D eigenvalue weighted by atomic mass is 10.1. The van der Waals surface area contributed by atoms with Crippen molar-refractivity contribution in [3.05, 3.63) is 0 Å². The van der Waals surface area contributed by atoms with Crippen LogP contribution in [-0.4, -0.2) is 86.7 Å². The summed E-state index contributed by atoms with van der Waals surface area (Å²) in [6.45, 7) is 9.12. The van der Waals surface area contributed by atoms with E-state index in [1.165, 1.54) is 20.8 Å². The Hall–Kier alpha value is -3.17. The minimum Gasteiger partial charge on any atom is -0.377 e. The molecule has 35 heavy (non-hydrogen) atoms. The molecule has 0 unspecified atom stereocenters. The molecule has 0 rings (SSSR count). The Morgan fingerprint density at radius 2 is 1.26 bits per heavy atom. The van der Waals surface area contributed by atoms with E-state index < -0.39 is 41.9 Å². The summed E-state index contributed by atoms with van der Waals surface area (Å²) in [7, 11) is 0. The van der Waals surface area contributed by atoms with E-state index in [0.29, 0.717) is 19.6 Å². The number of ether oxygens (including phenoxy) is 2. The van der Waals surface area contributed by atoms with Crippen LogP contribution >= 0.6 is 0 Å². The van der Waals surface area contributed by atoms with Crippen LogP contribution in [0.25, 0.3) is 0 Å². The summed E-state index contributed by atoms with van der Waals surface area (Å²) in [4.78, 5) is 60.7. The predicted octanol–water partition coefficient (Wildman–Crippen LogP) is -1.41. The SMILES string of the molecule is C#CCOCCOCCNC(=O)[C@H](CC)NC(=O)[C@H](C)NC(=O)[C@H](CC)NC(=O)[C@H](C)NC(C)=O. The van der Waals surface area contributed by atoms with Crippen molar-refractivity contribution in [1.29, 1.82) is 0 Å². The fourth-order valence-corrected chi connectivity index (χ4v) is 2.77. The number of rotatable bonds is 17. The van der Waals surface area contributed by atoms with Crippen LogP contribution in [0.1, 0.15) is 47.5 Å². The van der Waals surface area contributed by atoms with Gasteiger partial charge in [-0.1, -0.05) is 19.8 Å². The van der Waals surface area contributed by atoms with Crippen molar-refractivity contribution in [2.24, 2.45) is 0 Å². The zero-order valence-corrected chi connectivity index (χ0v) is 21.2. The highest BCUT2D eigenvalue weighted by atomic mass is 16.5. The first-order valence-corrected chi connectivity index (χ1v) is 11.6. The summed E-state index contributed by atoms with van der Waals surface area (Å²) in [6, 6.07) is -3.45. The van der Waals surface area contributed by atoms with E-state index in [4.69, 9.17) is 15.9 Å². The molecule has 0 bridgehead atoms. The van der Waals surface area contributed by atoms with E-state index in [0.717, 1.165) is 0 Å². The summed E-state index contributed by atoms with van der Waals surface area (Å²) in [5.74, 6) is -0.0332. The van der Waals surface area contributed by atoms with E-state index in [9.17, 15) is 24.0 Å². The van der Waals surface area contributed by atoms with E-state index in [-0.39, 0.29) is 38.0 Å². The molecule has 0 radical (unpaired) electrons. The van der Waals surface area contributed by atoms with Crippen molar-refractivity contribution >= 4 is 29.5 Å². The lowest BCUT2D eigenvalue weighted by Gasteiger charge is -2.23. The molecule has 0 heterocycles. The van der Waals surface area contributed by atoms with Crippen LogP contribution in [0, 0.1) is 12.3 Å². The standard InChI is InChI=1S/C23H39N5O7/c1-7-11-34-13-14-35-12-10-24-22(32)18(8-2)27-21(31)16(5)26-23(33)19(9-3)28-20(30)15(4)25-17(6)29/h1,15-16,18-19H,8-14H2,2-6H3,(H,24,32)(H,25,29)(H,26,33)(H,27,31)(H,28,30)/t15-,16-,18-,19-/m0/s1. The summed E-state index contributed by atoms with van der Waals surface area (Å²) >= 11 is 0. The van der Waals surface area contributed by atoms with Crippen molar-refractivity contribution < 1.29 is 33.4 Å². The second-order valence-corrected chi connectivity index (χ2v) is 7.75. The molecule has 0 saturated heterocycles. The lowest BCUT2D eigenvalue weighted by molar-refractivity contribution is -0.134. The van der Waals surface area contributed by atoms with Crippen LogP contribution in [0.15, 0.2) is 0 Å². The van der Waals surface area contributed by atoms with Crippen molar-refractivity contribution in [2.75, 3.05) is 33.0 Å². The lowest BCUT2D eigenvalue weighted by Crippen LogP contribution is -2.57. The number of terminal acetylenes is 1. The molecule has 198 valence electrons. The first kappa shape index (κ1) is 31.8. The zero-order valence-electron chi connectivity index (χ0n) is 21.2. The van der Waals surface area contributed by atoms with E-state index in [1.807, 2.05) is 0 Å². The Labute approximate surface area is 207 Å². The van der Waals surface area contributed by atoms with Crippen molar-refractivity contribution in [3.8, 4) is 12.3 Å². The summed E-state index contributed by atoms with van der Waals surface area (Å²) < 4.78 is 10.4. The quantitative estimate of drug-likeness (QED) is 0.122. The molecule has 0 aliphatic rings. The van der Waals surface area contributed by atoms with Gasteiger partial charge in [0, 0.05) is 13.5 Å². The van der Waals surface area contributed by atoms with Gasteiger partial charge >= 0.3 is 0 Å². The zero-order chi connectivity index (χ0) is 26.8. The highest BCUT2D eigenvalue weighted by molar-refractivity contribution is 5.95. The second kappa shape index (κ2) is 18.2. The number of carbonyl (C=O) groups excluding carboxylic acids is 5. The van der Waals surface area contributed by atoms with Gasteiger partial charge in [0.25, 0.3) is 0 Å². The average Bonchev–Trinajstić information content (AvgIpc) is 2.81. The Morgan fingerprint density at radius 3 is 1.77 bits per heavy atom. The minimum absolute atomic E-state index is 0.211. The van der Waals surface area contributed by atoms with Crippen LogP contribution in [0.2, 0.25) is 0 Å². The highest BCUT2D eigenvalue weighted by Crippen LogP contribution is 1.98. The van der Waals surface area contributed by atoms with Gasteiger partial charge in [-0.25, -0.2) is 0 Å². The molecule has 0 aromatic carbocycles. The van der Waals surface area contributed by atoms with Gasteiger partial charge in [-0.05, 0) is 26.7 Å². The van der Waals surface area contributed by atoms with Crippen LogP contribution in [0.4, 0.5) is 0 Å². The third-order valence-electron chi connectivity index (χ3n) is 4.75. The smallest absolute Gasteiger partial charge is 0.243 e. The van der Waals surface area contributed by atoms with Crippen molar-refractivity contribution in [1.82, 2.24) is 26.6 Å². The highest BCUT2D eigenvalue weighted by Gasteiger charge is 2.27. The van der Waals surface area contributed by atoms with Crippen LogP contribution in [0.3, 0.4) is 0 Å². The van der Waals surface area contributed by atoms with Gasteiger partial charge in [0.15, 0.2) is 0 Å². The summed E-state index contributed by atoms with van der Waals surface area (Å²) in [6.07, 6.45) is 5.68. The number of nitrogens with one attached hydrogen (secondary N) is 5. The summed E-state index contributed by atoms with van der Waals surface area (Å²) in [5, 5.41) is 12.8. The number of carbonyl (C=O) groups is 5. The van der Waals surface area contributed by atoms with Crippen molar-refractivity contribution in [2.45, 2.75) is 71.6 Å². The Kier molecular flexibility index (Phi) is 16.5. The first-order chi connectivity index (χ1) is 16.6. The maximum Gasteiger partial charge on any atom is 0.243 e. The Morgan fingerprint density at radius 1 is 0.743 bits per heavy atom. The van der Waals surface area contributed by atoms with E-state index in [2.05, 4.69) is 32.5 Å². The Balaban J connectivity index is 4.55. The third-order valence-corrected chi connectivity index (χ3v) is 4.75. The first-order valence-electron chi connectivity index (χ1n) is 11.6. The Bertz CT molecular complexity index is 753. The molecule has 12 nitrogen and oxygen atoms in total. The molecule has 5 amide bonds. The van der Waals surface area contributed by atoms with E-state index >= 15 is 0 Å². The molecule has 0 aromatic rings. The normalized spacial score (nSPS) is 13.8. The fraction of sp³-hybridized carbons (Fsp3) is 0.696. The van der Waals surface area contributed by atoms with Gasteiger partial charge in [0.1, 0.15) is 30.8 Å². The largest absolute Gasteiger partial charge is 0.377 e. The van der Waals surface area contributed by atoms with Gasteiger partial charge in [0.05, 0.1) is 19.8 Å². The molecule has 0 fully saturated rings. The molecule has 0 aliphatic carbocycles. The van der Waals surface area contributed by atoms with E-state index in [1.54, 1.807) is 13.8 Å². The van der Waals surface area contributed by atoms with Gasteiger partial charge in [-0.3, -0.25) is 24.0 Å². The summed E-state index contributed by atoms with van der Waals surface area (Å²) in [5.41, 5.74) is 0. The van der Waals surface area contributed by atoms with Gasteiger partial charge in [-0.2, -0.15) is 0 Å². The minimum atomic E-state index is -0.950. The number of hydrogen-bond donors (Lipinski definition) is 5. The second-order valence-electron chi connectivity index (χ2n) is 7.75. The van der Waals surface area contributed by atoms with Gasteiger partial charge < -0.3 is 36.1 Å². The third kappa shape index (κ3) is 14.0. The predicted molar refractivity (Wildman–Crippen MR) is 129 cm³/mol. The molecule has 0 aromatic heterocycles. The molecule has 0 saturated carbocycles. The maximum absolute atomic E-state index is 12.5. The fourth-order valence-electron chi connectivity index (χ4n) is 2.77. The van der Waals surface area contributed by atoms with Crippen LogP contribution < -0.4 is 26.6 Å². The van der Waals surface area contributed by atoms with Gasteiger partial charge in [-0.15, -0.1) is 6.42 Å². The molecular formula is C23H39N5O7. The monoisotopic (exact) mass is 497 g/mol. The molecule has 0 aliphatic heterocycles. The molecule has 12 heteroatoms. The topological polar surface area (TPSA) is 164 Å².